The van der Waals surface area contributed by atoms with Crippen molar-refractivity contribution in [1.82, 2.24) is 0 Å². The molecule has 1 rings (SSSR count). The summed E-state index contributed by atoms with van der Waals surface area (Å²) < 4.78 is 4.68. The predicted octanol–water partition coefficient (Wildman–Crippen LogP) is 1.87. The quantitative estimate of drug-likeness (QED) is 0.624. The van der Waals surface area contributed by atoms with E-state index < -0.39 is 0 Å². The van der Waals surface area contributed by atoms with E-state index in [1.807, 2.05) is 19.9 Å². The highest BCUT2D eigenvalue weighted by atomic mass is 16.5. The van der Waals surface area contributed by atoms with Gasteiger partial charge in [-0.15, -0.1) is 0 Å². The second-order valence-corrected chi connectivity index (χ2v) is 3.81. The molecule has 0 saturated heterocycles. The Morgan fingerprint density at radius 2 is 2.24 bits per heavy atom. The molecular formula is C14H17NO2. The fraction of sp³-hybridized carbons (Fsp3) is 0.357. The van der Waals surface area contributed by atoms with Crippen molar-refractivity contribution < 1.29 is 9.53 Å². The van der Waals surface area contributed by atoms with Gasteiger partial charge in [0.25, 0.3) is 0 Å². The minimum atomic E-state index is -0.327. The number of methoxy groups -OCH3 is 1. The summed E-state index contributed by atoms with van der Waals surface area (Å²) in [7, 11) is 1.37. The largest absolute Gasteiger partial charge is 0.465 e. The number of carbonyl (C=O) groups is 1. The molecule has 0 spiro atoms. The Kier molecular flexibility index (Phi) is 4.74. The number of aryl methyl sites for hydroxylation is 1. The minimum absolute atomic E-state index is 0.101. The van der Waals surface area contributed by atoms with Gasteiger partial charge in [0.1, 0.15) is 0 Å². The number of esters is 1. The first-order valence-electron chi connectivity index (χ1n) is 5.54. The standard InChI is InChI=1S/C14H17NO2/c1-4-12(15)7-5-11-6-8-13(10(2)9-11)14(16)17-3/h6,8-9,12H,4,15H2,1-3H3. The van der Waals surface area contributed by atoms with E-state index in [9.17, 15) is 4.79 Å². The van der Waals surface area contributed by atoms with Crippen molar-refractivity contribution >= 4 is 5.97 Å². The molecule has 1 unspecified atom stereocenters. The van der Waals surface area contributed by atoms with Crippen LogP contribution in [-0.2, 0) is 4.74 Å². The average molecular weight is 231 g/mol. The summed E-state index contributed by atoms with van der Waals surface area (Å²) in [4.78, 5) is 11.4. The zero-order valence-corrected chi connectivity index (χ0v) is 10.4. The molecule has 0 radical (unpaired) electrons. The van der Waals surface area contributed by atoms with E-state index in [-0.39, 0.29) is 12.0 Å². The van der Waals surface area contributed by atoms with E-state index in [1.165, 1.54) is 7.11 Å². The third kappa shape index (κ3) is 3.61. The van der Waals surface area contributed by atoms with Crippen LogP contribution >= 0.6 is 0 Å². The van der Waals surface area contributed by atoms with Crippen molar-refractivity contribution in [3.8, 4) is 11.8 Å². The van der Waals surface area contributed by atoms with Gasteiger partial charge in [-0.05, 0) is 37.1 Å². The highest BCUT2D eigenvalue weighted by Gasteiger charge is 2.08. The lowest BCUT2D eigenvalue weighted by atomic mass is 10.1. The summed E-state index contributed by atoms with van der Waals surface area (Å²) in [5.74, 6) is 5.62. The van der Waals surface area contributed by atoms with Crippen LogP contribution in [-0.4, -0.2) is 19.1 Å². The fourth-order valence-electron chi connectivity index (χ4n) is 1.36. The number of hydrogen-bond acceptors (Lipinski definition) is 3. The minimum Gasteiger partial charge on any atom is -0.465 e. The highest BCUT2D eigenvalue weighted by molar-refractivity contribution is 5.91. The Morgan fingerprint density at radius 1 is 1.53 bits per heavy atom. The average Bonchev–Trinajstić information content (AvgIpc) is 2.35. The summed E-state index contributed by atoms with van der Waals surface area (Å²) in [6.45, 7) is 3.85. The molecule has 0 aliphatic rings. The number of ether oxygens (including phenoxy) is 1. The lowest BCUT2D eigenvalue weighted by Gasteiger charge is -2.03. The SMILES string of the molecule is CCC(N)C#Cc1ccc(C(=O)OC)c(C)c1. The summed E-state index contributed by atoms with van der Waals surface area (Å²) in [5.41, 5.74) is 7.99. The molecular weight excluding hydrogens is 214 g/mol. The van der Waals surface area contributed by atoms with Gasteiger partial charge in [0.15, 0.2) is 0 Å². The lowest BCUT2D eigenvalue weighted by Crippen LogP contribution is -2.15. The van der Waals surface area contributed by atoms with Crippen LogP contribution in [0.4, 0.5) is 0 Å². The van der Waals surface area contributed by atoms with Gasteiger partial charge in [-0.3, -0.25) is 0 Å². The van der Waals surface area contributed by atoms with Crippen LogP contribution in [0, 0.1) is 18.8 Å². The van der Waals surface area contributed by atoms with E-state index in [0.29, 0.717) is 5.56 Å². The molecule has 1 atom stereocenters. The summed E-state index contributed by atoms with van der Waals surface area (Å²) in [5, 5.41) is 0. The number of hydrogen-bond donors (Lipinski definition) is 1. The Bertz CT molecular complexity index is 469. The molecule has 0 aliphatic heterocycles. The Morgan fingerprint density at radius 3 is 2.76 bits per heavy atom. The fourth-order valence-corrected chi connectivity index (χ4v) is 1.36. The molecule has 3 nitrogen and oxygen atoms in total. The van der Waals surface area contributed by atoms with Crippen molar-refractivity contribution in [2.24, 2.45) is 5.73 Å². The van der Waals surface area contributed by atoms with Crippen LogP contribution in [0.5, 0.6) is 0 Å². The van der Waals surface area contributed by atoms with Crippen molar-refractivity contribution in [2.75, 3.05) is 7.11 Å². The molecule has 0 saturated carbocycles. The number of carbonyl (C=O) groups excluding carboxylic acids is 1. The van der Waals surface area contributed by atoms with Gasteiger partial charge in [-0.1, -0.05) is 18.8 Å². The molecule has 3 heteroatoms. The monoisotopic (exact) mass is 231 g/mol. The van der Waals surface area contributed by atoms with E-state index in [0.717, 1.165) is 17.5 Å². The van der Waals surface area contributed by atoms with Gasteiger partial charge in [0.05, 0.1) is 18.7 Å². The van der Waals surface area contributed by atoms with Gasteiger partial charge in [-0.2, -0.15) is 0 Å². The van der Waals surface area contributed by atoms with Crippen LogP contribution < -0.4 is 5.73 Å². The maximum Gasteiger partial charge on any atom is 0.338 e. The molecule has 17 heavy (non-hydrogen) atoms. The Balaban J connectivity index is 2.96. The molecule has 2 N–H and O–H groups in total. The maximum atomic E-state index is 11.4. The topological polar surface area (TPSA) is 52.3 Å². The molecule has 0 aromatic heterocycles. The third-order valence-electron chi connectivity index (χ3n) is 2.47. The smallest absolute Gasteiger partial charge is 0.338 e. The molecule has 0 amide bonds. The van der Waals surface area contributed by atoms with Gasteiger partial charge < -0.3 is 10.5 Å². The second-order valence-electron chi connectivity index (χ2n) is 3.81. The van der Waals surface area contributed by atoms with Crippen molar-refractivity contribution in [3.63, 3.8) is 0 Å². The van der Waals surface area contributed by atoms with Gasteiger partial charge in [-0.25, -0.2) is 4.79 Å². The van der Waals surface area contributed by atoms with Crippen LogP contribution in [0.25, 0.3) is 0 Å². The zero-order chi connectivity index (χ0) is 12.8. The molecule has 0 aliphatic carbocycles. The van der Waals surface area contributed by atoms with Gasteiger partial charge in [0.2, 0.25) is 0 Å². The summed E-state index contributed by atoms with van der Waals surface area (Å²) in [6, 6.07) is 5.29. The zero-order valence-electron chi connectivity index (χ0n) is 10.4. The first kappa shape index (κ1) is 13.3. The highest BCUT2D eigenvalue weighted by Crippen LogP contribution is 2.11. The Labute approximate surface area is 102 Å². The van der Waals surface area contributed by atoms with Crippen LogP contribution in [0.3, 0.4) is 0 Å². The van der Waals surface area contributed by atoms with E-state index >= 15 is 0 Å². The third-order valence-corrected chi connectivity index (χ3v) is 2.47. The first-order valence-corrected chi connectivity index (χ1v) is 5.54. The van der Waals surface area contributed by atoms with Crippen LogP contribution in [0.15, 0.2) is 18.2 Å². The molecule has 1 aromatic carbocycles. The molecule has 1 aromatic rings. The number of nitrogens with two attached hydrogens (primary N) is 1. The van der Waals surface area contributed by atoms with Crippen molar-refractivity contribution in [1.29, 1.82) is 0 Å². The Hall–Kier alpha value is -1.79. The molecule has 90 valence electrons. The predicted molar refractivity (Wildman–Crippen MR) is 67.7 cm³/mol. The van der Waals surface area contributed by atoms with Gasteiger partial charge >= 0.3 is 5.97 Å². The van der Waals surface area contributed by atoms with Crippen LogP contribution in [0.2, 0.25) is 0 Å². The molecule has 0 fully saturated rings. The molecule has 0 bridgehead atoms. The maximum absolute atomic E-state index is 11.4. The lowest BCUT2D eigenvalue weighted by molar-refractivity contribution is 0.0600. The number of benzene rings is 1. The van der Waals surface area contributed by atoms with Crippen molar-refractivity contribution in [2.45, 2.75) is 26.3 Å². The van der Waals surface area contributed by atoms with E-state index in [2.05, 4.69) is 16.6 Å². The van der Waals surface area contributed by atoms with Crippen LogP contribution in [0.1, 0.15) is 34.8 Å². The second kappa shape index (κ2) is 6.07. The van der Waals surface area contributed by atoms with Gasteiger partial charge in [0, 0.05) is 5.56 Å². The summed E-state index contributed by atoms with van der Waals surface area (Å²) in [6.07, 6.45) is 0.826. The van der Waals surface area contributed by atoms with E-state index in [1.54, 1.807) is 12.1 Å². The van der Waals surface area contributed by atoms with E-state index in [4.69, 9.17) is 5.73 Å². The number of rotatable bonds is 2. The first-order chi connectivity index (χ1) is 8.08. The summed E-state index contributed by atoms with van der Waals surface area (Å²) >= 11 is 0. The molecule has 0 heterocycles. The van der Waals surface area contributed by atoms with Crippen molar-refractivity contribution in [3.05, 3.63) is 34.9 Å². The normalized spacial score (nSPS) is 11.3.